The predicted molar refractivity (Wildman–Crippen MR) is 49.9 cm³/mol. The average molecular weight is 193 g/mol. The van der Waals surface area contributed by atoms with Gasteiger partial charge < -0.3 is 4.74 Å². The molecule has 0 aromatic carbocycles. The highest BCUT2D eigenvalue weighted by atomic mass is 16.5. The van der Waals surface area contributed by atoms with Crippen molar-refractivity contribution in [1.29, 1.82) is 0 Å². The van der Waals surface area contributed by atoms with Crippen molar-refractivity contribution in [2.75, 3.05) is 0 Å². The molecule has 0 bridgehead atoms. The second-order valence-electron chi connectivity index (χ2n) is 2.96. The molecule has 0 aliphatic carbocycles. The lowest BCUT2D eigenvalue weighted by Crippen LogP contribution is -2.03. The predicted octanol–water partition coefficient (Wildman–Crippen LogP) is 1.14. The van der Waals surface area contributed by atoms with Gasteiger partial charge in [0.1, 0.15) is 11.5 Å². The summed E-state index contributed by atoms with van der Waals surface area (Å²) in [4.78, 5) is 25.3. The number of carbonyl (C=O) groups excluding carboxylic acids is 2. The first kappa shape index (κ1) is 10.4. The lowest BCUT2D eigenvalue weighted by atomic mass is 10.2. The van der Waals surface area contributed by atoms with Gasteiger partial charge in [-0.3, -0.25) is 14.6 Å². The molecule has 0 N–H and O–H groups in total. The number of rotatable bonds is 3. The minimum Gasteiger partial charge on any atom is -0.425 e. The second kappa shape index (κ2) is 4.50. The van der Waals surface area contributed by atoms with E-state index in [2.05, 4.69) is 4.98 Å². The van der Waals surface area contributed by atoms with Crippen LogP contribution >= 0.6 is 0 Å². The molecule has 0 atom stereocenters. The van der Waals surface area contributed by atoms with Crippen LogP contribution in [0.1, 0.15) is 19.5 Å². The summed E-state index contributed by atoms with van der Waals surface area (Å²) in [5.41, 5.74) is 0.674. The van der Waals surface area contributed by atoms with Crippen LogP contribution < -0.4 is 4.74 Å². The van der Waals surface area contributed by atoms with Crippen LogP contribution in [0.3, 0.4) is 0 Å². The molecule has 0 saturated carbocycles. The molecule has 0 aliphatic rings. The van der Waals surface area contributed by atoms with Crippen LogP contribution in [-0.2, 0) is 16.0 Å². The summed E-state index contributed by atoms with van der Waals surface area (Å²) in [5.74, 6) is 0.0636. The molecule has 0 aliphatic heterocycles. The molecule has 0 fully saturated rings. The first-order valence-corrected chi connectivity index (χ1v) is 4.20. The molecule has 74 valence electrons. The van der Waals surface area contributed by atoms with Crippen LogP contribution in [0, 0.1) is 0 Å². The Morgan fingerprint density at radius 3 is 2.50 bits per heavy atom. The molecule has 0 spiro atoms. The molecule has 0 unspecified atom stereocenters. The number of Topliss-reactive ketones (excluding diaryl/α,β-unsaturated/α-hetero) is 1. The first-order valence-electron chi connectivity index (χ1n) is 4.20. The third-order valence-corrected chi connectivity index (χ3v) is 1.49. The van der Waals surface area contributed by atoms with Crippen molar-refractivity contribution in [1.82, 2.24) is 4.98 Å². The van der Waals surface area contributed by atoms with Gasteiger partial charge in [0.25, 0.3) is 0 Å². The molecular weight excluding hydrogens is 182 g/mol. The zero-order chi connectivity index (χ0) is 10.6. The van der Waals surface area contributed by atoms with Crippen LogP contribution in [0.25, 0.3) is 0 Å². The van der Waals surface area contributed by atoms with Gasteiger partial charge >= 0.3 is 5.97 Å². The van der Waals surface area contributed by atoms with Gasteiger partial charge in [0.05, 0.1) is 6.20 Å². The molecule has 1 aromatic heterocycles. The summed E-state index contributed by atoms with van der Waals surface area (Å²) in [7, 11) is 0. The summed E-state index contributed by atoms with van der Waals surface area (Å²) < 4.78 is 4.79. The van der Waals surface area contributed by atoms with Gasteiger partial charge in [-0.05, 0) is 19.1 Å². The normalized spacial score (nSPS) is 9.57. The van der Waals surface area contributed by atoms with Gasteiger partial charge in [-0.15, -0.1) is 0 Å². The van der Waals surface area contributed by atoms with Gasteiger partial charge in [0.15, 0.2) is 0 Å². The first-order chi connectivity index (χ1) is 6.58. The zero-order valence-electron chi connectivity index (χ0n) is 8.11. The molecule has 0 saturated heterocycles. The summed E-state index contributed by atoms with van der Waals surface area (Å²) in [6, 6.07) is 3.28. The number of aromatic nitrogens is 1. The summed E-state index contributed by atoms with van der Waals surface area (Å²) in [6.07, 6.45) is 1.74. The van der Waals surface area contributed by atoms with Crippen LogP contribution in [0.15, 0.2) is 18.3 Å². The molecule has 1 aromatic rings. The van der Waals surface area contributed by atoms with Crippen molar-refractivity contribution in [3.05, 3.63) is 24.0 Å². The highest BCUT2D eigenvalue weighted by molar-refractivity contribution is 5.77. The third-order valence-electron chi connectivity index (χ3n) is 1.49. The number of pyridine rings is 1. The van der Waals surface area contributed by atoms with Gasteiger partial charge in [0, 0.05) is 19.0 Å². The van der Waals surface area contributed by atoms with E-state index in [0.29, 0.717) is 17.9 Å². The average Bonchev–Trinajstić information content (AvgIpc) is 2.06. The van der Waals surface area contributed by atoms with E-state index in [1.54, 1.807) is 12.1 Å². The Kier molecular flexibility index (Phi) is 3.34. The molecule has 1 heterocycles. The SMILES string of the molecule is CC(=O)Cc1ccc(OC(C)=O)cn1. The summed E-state index contributed by atoms with van der Waals surface area (Å²) in [5, 5.41) is 0. The molecule has 4 heteroatoms. The quantitative estimate of drug-likeness (QED) is 0.675. The minimum absolute atomic E-state index is 0.0535. The van der Waals surface area contributed by atoms with E-state index >= 15 is 0 Å². The highest BCUT2D eigenvalue weighted by Gasteiger charge is 2.01. The summed E-state index contributed by atoms with van der Waals surface area (Å²) in [6.45, 7) is 2.82. The van der Waals surface area contributed by atoms with Crippen LogP contribution in [0.4, 0.5) is 0 Å². The van der Waals surface area contributed by atoms with E-state index in [4.69, 9.17) is 4.74 Å². The van der Waals surface area contributed by atoms with Gasteiger partial charge in [-0.25, -0.2) is 0 Å². The van der Waals surface area contributed by atoms with E-state index in [1.165, 1.54) is 20.0 Å². The Hall–Kier alpha value is -1.71. The Labute approximate surface area is 81.9 Å². The van der Waals surface area contributed by atoms with E-state index in [0.717, 1.165) is 0 Å². The van der Waals surface area contributed by atoms with E-state index in [-0.39, 0.29) is 11.8 Å². The number of ketones is 1. The van der Waals surface area contributed by atoms with Crippen molar-refractivity contribution in [2.45, 2.75) is 20.3 Å². The van der Waals surface area contributed by atoms with Crippen molar-refractivity contribution < 1.29 is 14.3 Å². The molecule has 14 heavy (non-hydrogen) atoms. The Bertz CT molecular complexity index is 308. The van der Waals surface area contributed by atoms with E-state index in [9.17, 15) is 9.59 Å². The molecule has 0 amide bonds. The Morgan fingerprint density at radius 1 is 1.36 bits per heavy atom. The Morgan fingerprint density at radius 2 is 2.07 bits per heavy atom. The fourth-order valence-corrected chi connectivity index (χ4v) is 0.997. The van der Waals surface area contributed by atoms with Crippen molar-refractivity contribution in [3.8, 4) is 5.75 Å². The maximum absolute atomic E-state index is 10.8. The molecule has 1 rings (SSSR count). The number of hydrogen-bond acceptors (Lipinski definition) is 4. The van der Waals surface area contributed by atoms with Gasteiger partial charge in [-0.2, -0.15) is 0 Å². The largest absolute Gasteiger partial charge is 0.425 e. The summed E-state index contributed by atoms with van der Waals surface area (Å²) >= 11 is 0. The second-order valence-corrected chi connectivity index (χ2v) is 2.96. The molecule has 4 nitrogen and oxygen atoms in total. The minimum atomic E-state index is -0.383. The topological polar surface area (TPSA) is 56.3 Å². The Balaban J connectivity index is 2.68. The maximum atomic E-state index is 10.8. The van der Waals surface area contributed by atoms with Crippen LogP contribution in [-0.4, -0.2) is 16.7 Å². The zero-order valence-corrected chi connectivity index (χ0v) is 8.11. The molecule has 0 radical (unpaired) electrons. The number of esters is 1. The number of hydrogen-bond donors (Lipinski definition) is 0. The fraction of sp³-hybridized carbons (Fsp3) is 0.300. The number of nitrogens with zero attached hydrogens (tertiary/aromatic N) is 1. The van der Waals surface area contributed by atoms with Crippen LogP contribution in [0.2, 0.25) is 0 Å². The van der Waals surface area contributed by atoms with Crippen molar-refractivity contribution in [3.63, 3.8) is 0 Å². The number of carbonyl (C=O) groups is 2. The van der Waals surface area contributed by atoms with E-state index < -0.39 is 0 Å². The van der Waals surface area contributed by atoms with Crippen LogP contribution in [0.5, 0.6) is 5.75 Å². The van der Waals surface area contributed by atoms with Gasteiger partial charge in [-0.1, -0.05) is 0 Å². The van der Waals surface area contributed by atoms with Crippen molar-refractivity contribution in [2.24, 2.45) is 0 Å². The smallest absolute Gasteiger partial charge is 0.308 e. The fourth-order valence-electron chi connectivity index (χ4n) is 0.997. The third kappa shape index (κ3) is 3.35. The van der Waals surface area contributed by atoms with Crippen molar-refractivity contribution >= 4 is 11.8 Å². The monoisotopic (exact) mass is 193 g/mol. The highest BCUT2D eigenvalue weighted by Crippen LogP contribution is 2.09. The number of ether oxygens (including phenoxy) is 1. The van der Waals surface area contributed by atoms with E-state index in [1.807, 2.05) is 0 Å². The van der Waals surface area contributed by atoms with Gasteiger partial charge in [0.2, 0.25) is 0 Å². The molecular formula is C10H11NO3. The lowest BCUT2D eigenvalue weighted by molar-refractivity contribution is -0.131. The standard InChI is InChI=1S/C10H11NO3/c1-7(12)5-9-3-4-10(6-11-9)14-8(2)13/h3-4,6H,5H2,1-2H3. The lowest BCUT2D eigenvalue weighted by Gasteiger charge is -2.01. The maximum Gasteiger partial charge on any atom is 0.308 e.